The number of halogens is 1. The number of hydrogen-bond donors (Lipinski definition) is 2. The maximum atomic E-state index is 12.0. The smallest absolute Gasteiger partial charge is 0.251 e. The van der Waals surface area contributed by atoms with Crippen molar-refractivity contribution in [2.75, 3.05) is 11.9 Å². The molecule has 1 aromatic heterocycles. The van der Waals surface area contributed by atoms with E-state index in [0.717, 1.165) is 16.3 Å². The summed E-state index contributed by atoms with van der Waals surface area (Å²) < 4.78 is 0. The number of nitrogens with one attached hydrogen (secondary N) is 2. The molecule has 0 bridgehead atoms. The zero-order chi connectivity index (χ0) is 18.5. The molecule has 132 valence electrons. The average molecular weight is 386 g/mol. The van der Waals surface area contributed by atoms with Crippen LogP contribution in [0.5, 0.6) is 0 Å². The van der Waals surface area contributed by atoms with Gasteiger partial charge in [0.1, 0.15) is 0 Å². The Balaban J connectivity index is 1.53. The number of nitrogens with zero attached hydrogens (tertiary/aromatic N) is 1. The largest absolute Gasteiger partial charge is 0.343 e. The molecular formula is C19H16ClN3O2S. The van der Waals surface area contributed by atoms with Gasteiger partial charge < -0.3 is 10.6 Å². The third-order valence-corrected chi connectivity index (χ3v) is 4.62. The van der Waals surface area contributed by atoms with Crippen molar-refractivity contribution in [3.63, 3.8) is 0 Å². The standard InChI is InChI=1S/C19H16ClN3O2S/c1-12-22-17(11-26-12)13-4-8-16(9-5-13)23-18(24)10-21-19(25)14-2-6-15(20)7-3-14/h2-9,11H,10H2,1H3,(H,21,25)(H,23,24). The molecule has 0 saturated carbocycles. The lowest BCUT2D eigenvalue weighted by atomic mass is 10.1. The lowest BCUT2D eigenvalue weighted by Crippen LogP contribution is -2.32. The average Bonchev–Trinajstić information content (AvgIpc) is 3.07. The Hall–Kier alpha value is -2.70. The van der Waals surface area contributed by atoms with E-state index in [2.05, 4.69) is 15.6 Å². The van der Waals surface area contributed by atoms with Gasteiger partial charge in [0.2, 0.25) is 5.91 Å². The van der Waals surface area contributed by atoms with Gasteiger partial charge in [-0.2, -0.15) is 0 Å². The van der Waals surface area contributed by atoms with E-state index in [9.17, 15) is 9.59 Å². The second-order valence-electron chi connectivity index (χ2n) is 5.57. The molecule has 1 heterocycles. The van der Waals surface area contributed by atoms with E-state index in [-0.39, 0.29) is 18.4 Å². The van der Waals surface area contributed by atoms with Crippen LogP contribution in [0.4, 0.5) is 5.69 Å². The van der Waals surface area contributed by atoms with Gasteiger partial charge in [-0.25, -0.2) is 4.98 Å². The highest BCUT2D eigenvalue weighted by atomic mass is 35.5. The number of carbonyl (C=O) groups is 2. The summed E-state index contributed by atoms with van der Waals surface area (Å²) in [6.07, 6.45) is 0. The van der Waals surface area contributed by atoms with Crippen molar-refractivity contribution in [3.8, 4) is 11.3 Å². The van der Waals surface area contributed by atoms with Gasteiger partial charge in [-0.3, -0.25) is 9.59 Å². The number of anilines is 1. The van der Waals surface area contributed by atoms with Gasteiger partial charge in [0.25, 0.3) is 5.91 Å². The van der Waals surface area contributed by atoms with E-state index in [1.54, 1.807) is 35.6 Å². The van der Waals surface area contributed by atoms with E-state index in [4.69, 9.17) is 11.6 Å². The van der Waals surface area contributed by atoms with Crippen molar-refractivity contribution in [2.24, 2.45) is 0 Å². The molecule has 0 atom stereocenters. The number of aromatic nitrogens is 1. The summed E-state index contributed by atoms with van der Waals surface area (Å²) in [6, 6.07) is 13.9. The second-order valence-corrected chi connectivity index (χ2v) is 7.07. The Bertz CT molecular complexity index is 921. The lowest BCUT2D eigenvalue weighted by Gasteiger charge is -2.08. The van der Waals surface area contributed by atoms with Crippen LogP contribution in [-0.4, -0.2) is 23.3 Å². The minimum absolute atomic E-state index is 0.117. The Morgan fingerprint density at radius 3 is 2.38 bits per heavy atom. The molecule has 0 fully saturated rings. The van der Waals surface area contributed by atoms with Crippen LogP contribution in [0.15, 0.2) is 53.9 Å². The molecule has 2 N–H and O–H groups in total. The number of hydrogen-bond acceptors (Lipinski definition) is 4. The third-order valence-electron chi connectivity index (χ3n) is 3.60. The highest BCUT2D eigenvalue weighted by Gasteiger charge is 2.09. The first-order valence-electron chi connectivity index (χ1n) is 7.87. The molecule has 2 amide bonds. The zero-order valence-electron chi connectivity index (χ0n) is 14.0. The van der Waals surface area contributed by atoms with Crippen LogP contribution in [-0.2, 0) is 4.79 Å². The summed E-state index contributed by atoms with van der Waals surface area (Å²) in [5.74, 6) is -0.629. The van der Waals surface area contributed by atoms with Crippen LogP contribution in [0, 0.1) is 6.92 Å². The number of benzene rings is 2. The molecule has 0 aliphatic carbocycles. The number of thiazole rings is 1. The second kappa shape index (κ2) is 8.12. The highest BCUT2D eigenvalue weighted by Crippen LogP contribution is 2.23. The van der Waals surface area contributed by atoms with Crippen LogP contribution in [0.1, 0.15) is 15.4 Å². The minimum Gasteiger partial charge on any atom is -0.343 e. The van der Waals surface area contributed by atoms with E-state index in [1.165, 1.54) is 0 Å². The first-order valence-corrected chi connectivity index (χ1v) is 9.13. The van der Waals surface area contributed by atoms with Crippen LogP contribution in [0.3, 0.4) is 0 Å². The van der Waals surface area contributed by atoms with E-state index >= 15 is 0 Å². The topological polar surface area (TPSA) is 71.1 Å². The van der Waals surface area contributed by atoms with Gasteiger partial charge in [0, 0.05) is 27.2 Å². The molecule has 3 rings (SSSR count). The van der Waals surface area contributed by atoms with Crippen LogP contribution >= 0.6 is 22.9 Å². The fourth-order valence-electron chi connectivity index (χ4n) is 2.29. The van der Waals surface area contributed by atoms with E-state index < -0.39 is 0 Å². The molecule has 26 heavy (non-hydrogen) atoms. The monoisotopic (exact) mass is 385 g/mol. The van der Waals surface area contributed by atoms with Gasteiger partial charge in [-0.15, -0.1) is 11.3 Å². The molecule has 3 aromatic rings. The Morgan fingerprint density at radius 1 is 1.08 bits per heavy atom. The Kier molecular flexibility index (Phi) is 5.65. The predicted octanol–water partition coefficient (Wildman–Crippen LogP) is 4.14. The third kappa shape index (κ3) is 4.68. The summed E-state index contributed by atoms with van der Waals surface area (Å²) in [4.78, 5) is 28.4. The number of aryl methyl sites for hydroxylation is 1. The van der Waals surface area contributed by atoms with Crippen LogP contribution in [0.2, 0.25) is 5.02 Å². The summed E-state index contributed by atoms with van der Waals surface area (Å²) in [6.45, 7) is 1.84. The fourth-order valence-corrected chi connectivity index (χ4v) is 3.04. The summed E-state index contributed by atoms with van der Waals surface area (Å²) in [5, 5.41) is 8.88. The first kappa shape index (κ1) is 18.1. The normalized spacial score (nSPS) is 10.4. The summed E-state index contributed by atoms with van der Waals surface area (Å²) >= 11 is 7.38. The van der Waals surface area contributed by atoms with Crippen molar-refractivity contribution in [3.05, 3.63) is 69.5 Å². The maximum Gasteiger partial charge on any atom is 0.251 e. The molecule has 0 aliphatic heterocycles. The van der Waals surface area contributed by atoms with Crippen LogP contribution < -0.4 is 10.6 Å². The molecule has 0 unspecified atom stereocenters. The molecule has 0 aliphatic rings. The highest BCUT2D eigenvalue weighted by molar-refractivity contribution is 7.09. The van der Waals surface area contributed by atoms with Gasteiger partial charge in [-0.1, -0.05) is 23.7 Å². The van der Waals surface area contributed by atoms with Gasteiger partial charge in [-0.05, 0) is 43.3 Å². The first-order chi connectivity index (χ1) is 12.5. The predicted molar refractivity (Wildman–Crippen MR) is 105 cm³/mol. The van der Waals surface area contributed by atoms with Crippen molar-refractivity contribution in [1.82, 2.24) is 10.3 Å². The number of amides is 2. The minimum atomic E-state index is -0.328. The number of carbonyl (C=O) groups excluding carboxylic acids is 2. The number of rotatable bonds is 5. The molecule has 5 nitrogen and oxygen atoms in total. The van der Waals surface area contributed by atoms with E-state index in [1.807, 2.05) is 36.6 Å². The summed E-state index contributed by atoms with van der Waals surface area (Å²) in [5.41, 5.74) is 3.01. The van der Waals surface area contributed by atoms with Crippen molar-refractivity contribution in [1.29, 1.82) is 0 Å². The zero-order valence-corrected chi connectivity index (χ0v) is 15.5. The van der Waals surface area contributed by atoms with Crippen molar-refractivity contribution >= 4 is 40.4 Å². The molecule has 0 spiro atoms. The fraction of sp³-hybridized carbons (Fsp3) is 0.105. The molecule has 7 heteroatoms. The lowest BCUT2D eigenvalue weighted by molar-refractivity contribution is -0.115. The van der Waals surface area contributed by atoms with Crippen LogP contribution in [0.25, 0.3) is 11.3 Å². The van der Waals surface area contributed by atoms with Gasteiger partial charge in [0.15, 0.2) is 0 Å². The SMILES string of the molecule is Cc1nc(-c2ccc(NC(=O)CNC(=O)c3ccc(Cl)cc3)cc2)cs1. The summed E-state index contributed by atoms with van der Waals surface area (Å²) in [7, 11) is 0. The quantitative estimate of drug-likeness (QED) is 0.693. The maximum absolute atomic E-state index is 12.0. The van der Waals surface area contributed by atoms with Crippen molar-refractivity contribution in [2.45, 2.75) is 6.92 Å². The molecule has 0 radical (unpaired) electrons. The van der Waals surface area contributed by atoms with Gasteiger partial charge in [0.05, 0.1) is 17.2 Å². The van der Waals surface area contributed by atoms with Gasteiger partial charge >= 0.3 is 0 Å². The van der Waals surface area contributed by atoms with E-state index in [0.29, 0.717) is 16.3 Å². The molecular weight excluding hydrogens is 370 g/mol. The molecule has 2 aromatic carbocycles. The molecule has 0 saturated heterocycles. The Labute approximate surface area is 160 Å². The van der Waals surface area contributed by atoms with Crippen molar-refractivity contribution < 1.29 is 9.59 Å². The Morgan fingerprint density at radius 2 is 1.77 bits per heavy atom.